The second-order valence-corrected chi connectivity index (χ2v) is 7.22. The Morgan fingerprint density at radius 1 is 1.39 bits per heavy atom. The van der Waals surface area contributed by atoms with Gasteiger partial charge in [-0.1, -0.05) is 27.7 Å². The summed E-state index contributed by atoms with van der Waals surface area (Å²) in [5.41, 5.74) is 6.08. The molecular formula is C15H30N2O. The third-order valence-corrected chi connectivity index (χ3v) is 3.78. The van der Waals surface area contributed by atoms with E-state index >= 15 is 0 Å². The number of nitrogens with zero attached hydrogens (tertiary/aromatic N) is 1. The maximum atomic E-state index is 12.2. The number of hydrogen-bond acceptors (Lipinski definition) is 2. The summed E-state index contributed by atoms with van der Waals surface area (Å²) in [6.07, 6.45) is 4.20. The van der Waals surface area contributed by atoms with E-state index in [0.717, 1.165) is 6.42 Å². The normalized spacial score (nSPS) is 19.4. The van der Waals surface area contributed by atoms with Crippen molar-refractivity contribution >= 4 is 5.91 Å². The Balaban J connectivity index is 2.43. The largest absolute Gasteiger partial charge is 0.341 e. The molecule has 0 radical (unpaired) electrons. The fourth-order valence-corrected chi connectivity index (χ4v) is 2.89. The molecule has 1 aliphatic carbocycles. The fourth-order valence-electron chi connectivity index (χ4n) is 2.89. The Labute approximate surface area is 112 Å². The van der Waals surface area contributed by atoms with Gasteiger partial charge in [0, 0.05) is 26.1 Å². The molecule has 1 saturated carbocycles. The second kappa shape index (κ2) is 6.05. The van der Waals surface area contributed by atoms with Crippen LogP contribution in [0.2, 0.25) is 0 Å². The van der Waals surface area contributed by atoms with Crippen LogP contribution in [0.15, 0.2) is 0 Å². The van der Waals surface area contributed by atoms with E-state index in [4.69, 9.17) is 5.73 Å². The molecule has 0 aromatic rings. The quantitative estimate of drug-likeness (QED) is 0.792. The van der Waals surface area contributed by atoms with Crippen molar-refractivity contribution in [2.45, 2.75) is 59.4 Å². The van der Waals surface area contributed by atoms with Gasteiger partial charge in [-0.15, -0.1) is 0 Å². The zero-order chi connectivity index (χ0) is 13.9. The van der Waals surface area contributed by atoms with Gasteiger partial charge in [0.25, 0.3) is 0 Å². The minimum absolute atomic E-state index is 0.258. The lowest BCUT2D eigenvalue weighted by Gasteiger charge is -2.29. The smallest absolute Gasteiger partial charge is 0.222 e. The van der Waals surface area contributed by atoms with Crippen LogP contribution in [0.25, 0.3) is 0 Å². The molecule has 0 bridgehead atoms. The highest BCUT2D eigenvalue weighted by molar-refractivity contribution is 5.76. The van der Waals surface area contributed by atoms with Gasteiger partial charge in [-0.3, -0.25) is 4.79 Å². The molecule has 2 atom stereocenters. The first-order chi connectivity index (χ1) is 8.24. The van der Waals surface area contributed by atoms with Crippen molar-refractivity contribution in [2.75, 3.05) is 13.6 Å². The summed E-state index contributed by atoms with van der Waals surface area (Å²) >= 11 is 0. The predicted octanol–water partition coefficient (Wildman–Crippen LogP) is 2.64. The molecule has 2 unspecified atom stereocenters. The molecule has 1 aliphatic rings. The highest BCUT2D eigenvalue weighted by Crippen LogP contribution is 2.35. The van der Waals surface area contributed by atoms with Crippen LogP contribution >= 0.6 is 0 Å². The average Bonchev–Trinajstić information content (AvgIpc) is 2.99. The van der Waals surface area contributed by atoms with Gasteiger partial charge in [0.15, 0.2) is 0 Å². The molecule has 0 aromatic carbocycles. The van der Waals surface area contributed by atoms with E-state index in [0.29, 0.717) is 30.2 Å². The minimum Gasteiger partial charge on any atom is -0.341 e. The SMILES string of the molecule is CC(CC(=O)N(C)C(CN)C1CC1)CC(C)(C)C. The summed E-state index contributed by atoms with van der Waals surface area (Å²) in [6, 6.07) is 0.263. The standard InChI is InChI=1S/C15H30N2O/c1-11(9-15(2,3)4)8-14(18)17(5)13(10-16)12-6-7-12/h11-13H,6-10,16H2,1-5H3. The van der Waals surface area contributed by atoms with E-state index in [-0.39, 0.29) is 11.9 Å². The molecule has 0 spiro atoms. The molecule has 0 heterocycles. The van der Waals surface area contributed by atoms with Gasteiger partial charge in [0.1, 0.15) is 0 Å². The van der Waals surface area contributed by atoms with E-state index < -0.39 is 0 Å². The third-order valence-electron chi connectivity index (χ3n) is 3.78. The fraction of sp³-hybridized carbons (Fsp3) is 0.933. The number of amides is 1. The van der Waals surface area contributed by atoms with Crippen molar-refractivity contribution < 1.29 is 4.79 Å². The Kier molecular flexibility index (Phi) is 5.20. The molecule has 106 valence electrons. The van der Waals surface area contributed by atoms with Crippen LogP contribution in [0.5, 0.6) is 0 Å². The number of hydrogen-bond donors (Lipinski definition) is 1. The molecular weight excluding hydrogens is 224 g/mol. The molecule has 0 aliphatic heterocycles. The van der Waals surface area contributed by atoms with Crippen LogP contribution < -0.4 is 5.73 Å². The third kappa shape index (κ3) is 4.97. The lowest BCUT2D eigenvalue weighted by molar-refractivity contribution is -0.133. The average molecular weight is 254 g/mol. The maximum Gasteiger partial charge on any atom is 0.222 e. The molecule has 1 rings (SSSR count). The topological polar surface area (TPSA) is 46.3 Å². The zero-order valence-electron chi connectivity index (χ0n) is 12.7. The number of nitrogens with two attached hydrogens (primary N) is 1. The van der Waals surface area contributed by atoms with Crippen LogP contribution in [0.4, 0.5) is 0 Å². The summed E-state index contributed by atoms with van der Waals surface area (Å²) in [5.74, 6) is 1.36. The van der Waals surface area contributed by atoms with Gasteiger partial charge < -0.3 is 10.6 Å². The van der Waals surface area contributed by atoms with Crippen molar-refractivity contribution in [3.8, 4) is 0 Å². The molecule has 1 fully saturated rings. The van der Waals surface area contributed by atoms with Crippen LogP contribution in [-0.2, 0) is 4.79 Å². The van der Waals surface area contributed by atoms with Crippen LogP contribution in [0, 0.1) is 17.3 Å². The van der Waals surface area contributed by atoms with Crippen molar-refractivity contribution in [3.63, 3.8) is 0 Å². The molecule has 0 saturated heterocycles. The van der Waals surface area contributed by atoms with E-state index in [1.54, 1.807) is 0 Å². The highest BCUT2D eigenvalue weighted by Gasteiger charge is 2.35. The Bertz CT molecular complexity index is 279. The van der Waals surface area contributed by atoms with E-state index in [1.807, 2.05) is 11.9 Å². The predicted molar refractivity (Wildman–Crippen MR) is 76.2 cm³/mol. The Morgan fingerprint density at radius 2 is 1.94 bits per heavy atom. The van der Waals surface area contributed by atoms with E-state index in [1.165, 1.54) is 12.8 Å². The monoisotopic (exact) mass is 254 g/mol. The number of carbonyl (C=O) groups excluding carboxylic acids is 1. The zero-order valence-corrected chi connectivity index (χ0v) is 12.7. The summed E-state index contributed by atoms with van der Waals surface area (Å²) in [4.78, 5) is 14.1. The van der Waals surface area contributed by atoms with Gasteiger partial charge in [0.05, 0.1) is 0 Å². The lowest BCUT2D eigenvalue weighted by Crippen LogP contribution is -2.43. The van der Waals surface area contributed by atoms with E-state index in [2.05, 4.69) is 27.7 Å². The van der Waals surface area contributed by atoms with Gasteiger partial charge in [-0.05, 0) is 36.5 Å². The van der Waals surface area contributed by atoms with Gasteiger partial charge in [-0.2, -0.15) is 0 Å². The lowest BCUT2D eigenvalue weighted by atomic mass is 9.84. The van der Waals surface area contributed by atoms with Crippen molar-refractivity contribution in [1.29, 1.82) is 0 Å². The summed E-state index contributed by atoms with van der Waals surface area (Å²) in [7, 11) is 1.92. The Morgan fingerprint density at radius 3 is 2.33 bits per heavy atom. The van der Waals surface area contributed by atoms with Crippen molar-refractivity contribution in [2.24, 2.45) is 23.0 Å². The van der Waals surface area contributed by atoms with Gasteiger partial charge in [-0.25, -0.2) is 0 Å². The molecule has 18 heavy (non-hydrogen) atoms. The van der Waals surface area contributed by atoms with Crippen molar-refractivity contribution in [3.05, 3.63) is 0 Å². The molecule has 0 aromatic heterocycles. The van der Waals surface area contributed by atoms with E-state index in [9.17, 15) is 4.79 Å². The Hall–Kier alpha value is -0.570. The van der Waals surface area contributed by atoms with Crippen LogP contribution in [0.3, 0.4) is 0 Å². The second-order valence-electron chi connectivity index (χ2n) is 7.22. The van der Waals surface area contributed by atoms with Gasteiger partial charge in [0.2, 0.25) is 5.91 Å². The van der Waals surface area contributed by atoms with Crippen LogP contribution in [0.1, 0.15) is 53.4 Å². The van der Waals surface area contributed by atoms with Crippen LogP contribution in [-0.4, -0.2) is 30.4 Å². The minimum atomic E-state index is 0.258. The van der Waals surface area contributed by atoms with Crippen molar-refractivity contribution in [1.82, 2.24) is 4.90 Å². The molecule has 2 N–H and O–H groups in total. The molecule has 3 nitrogen and oxygen atoms in total. The molecule has 3 heteroatoms. The first-order valence-electron chi connectivity index (χ1n) is 7.20. The number of carbonyl (C=O) groups is 1. The van der Waals surface area contributed by atoms with Gasteiger partial charge >= 0.3 is 0 Å². The number of likely N-dealkylation sites (N-methyl/N-ethyl adjacent to an activating group) is 1. The first-order valence-corrected chi connectivity index (χ1v) is 7.20. The summed E-state index contributed by atoms with van der Waals surface area (Å²) in [6.45, 7) is 9.45. The number of rotatable bonds is 6. The first kappa shape index (κ1) is 15.5. The molecule has 1 amide bonds. The summed E-state index contributed by atoms with van der Waals surface area (Å²) < 4.78 is 0. The highest BCUT2D eigenvalue weighted by atomic mass is 16.2. The summed E-state index contributed by atoms with van der Waals surface area (Å²) in [5, 5.41) is 0. The maximum absolute atomic E-state index is 12.2.